The first-order chi connectivity index (χ1) is 5.72. The average Bonchev–Trinajstić information content (AvgIpc) is 2.36. The topological polar surface area (TPSA) is 59.1 Å². The molecule has 1 aromatic heterocycles. The third kappa shape index (κ3) is 3.00. The number of thiazole rings is 1. The van der Waals surface area contributed by atoms with Gasteiger partial charge in [-0.1, -0.05) is 30.0 Å². The lowest BCUT2D eigenvalue weighted by Crippen LogP contribution is -1.98. The van der Waals surface area contributed by atoms with Crippen LogP contribution in [-0.2, 0) is 0 Å². The number of rotatable bonds is 4. The summed E-state index contributed by atoms with van der Waals surface area (Å²) in [7, 11) is 0. The van der Waals surface area contributed by atoms with E-state index >= 15 is 0 Å². The molecule has 1 unspecified atom stereocenters. The summed E-state index contributed by atoms with van der Waals surface area (Å²) in [4.78, 5) is 4.11. The van der Waals surface area contributed by atoms with Gasteiger partial charge >= 0.3 is 0 Å². The lowest BCUT2D eigenvalue weighted by molar-refractivity contribution is 0.289. The molecule has 1 aromatic rings. The maximum Gasteiger partial charge on any atom is 0.152 e. The van der Waals surface area contributed by atoms with Gasteiger partial charge in [-0.3, -0.25) is 0 Å². The number of nitrogens with zero attached hydrogens (tertiary/aromatic N) is 1. The molecule has 0 bridgehead atoms. The second-order valence-electron chi connectivity index (χ2n) is 2.47. The second kappa shape index (κ2) is 4.69. The average molecular weight is 204 g/mol. The minimum absolute atomic E-state index is 0.231. The number of aliphatic hydroxyl groups excluding tert-OH is 1. The van der Waals surface area contributed by atoms with E-state index in [1.807, 2.05) is 0 Å². The Bertz CT molecular complexity index is 239. The van der Waals surface area contributed by atoms with Gasteiger partial charge in [0.1, 0.15) is 5.00 Å². The van der Waals surface area contributed by atoms with Crippen LogP contribution in [0.3, 0.4) is 0 Å². The van der Waals surface area contributed by atoms with Crippen molar-refractivity contribution in [3.05, 3.63) is 6.20 Å². The molecule has 5 heteroatoms. The third-order valence-corrected chi connectivity index (χ3v) is 3.44. The van der Waals surface area contributed by atoms with Crippen molar-refractivity contribution < 1.29 is 5.11 Å². The molecule has 0 aliphatic heterocycles. The molecule has 1 rings (SSSR count). The zero-order valence-electron chi connectivity index (χ0n) is 6.86. The lowest BCUT2D eigenvalue weighted by atomic mass is 10.4. The van der Waals surface area contributed by atoms with Crippen molar-refractivity contribution in [3.8, 4) is 0 Å². The largest absolute Gasteiger partial charge is 0.396 e. The van der Waals surface area contributed by atoms with Crippen LogP contribution in [0.1, 0.15) is 13.3 Å². The fourth-order valence-corrected chi connectivity index (χ4v) is 2.80. The van der Waals surface area contributed by atoms with Crippen LogP contribution in [0, 0.1) is 0 Å². The molecule has 0 fully saturated rings. The SMILES string of the molecule is CC(CCO)Sc1ncc(N)s1. The van der Waals surface area contributed by atoms with E-state index in [4.69, 9.17) is 10.8 Å². The van der Waals surface area contributed by atoms with Gasteiger partial charge in [0.2, 0.25) is 0 Å². The smallest absolute Gasteiger partial charge is 0.152 e. The third-order valence-electron chi connectivity index (χ3n) is 1.34. The maximum atomic E-state index is 8.66. The van der Waals surface area contributed by atoms with Crippen LogP contribution >= 0.6 is 23.1 Å². The highest BCUT2D eigenvalue weighted by molar-refractivity contribution is 8.01. The fourth-order valence-electron chi connectivity index (χ4n) is 0.737. The van der Waals surface area contributed by atoms with Gasteiger partial charge in [0.15, 0.2) is 4.34 Å². The minimum Gasteiger partial charge on any atom is -0.396 e. The number of nitrogen functional groups attached to an aromatic ring is 1. The van der Waals surface area contributed by atoms with E-state index in [2.05, 4.69) is 11.9 Å². The molecule has 0 saturated carbocycles. The molecule has 0 radical (unpaired) electrons. The molecular formula is C7H12N2OS2. The van der Waals surface area contributed by atoms with Crippen molar-refractivity contribution in [2.75, 3.05) is 12.3 Å². The number of anilines is 1. The predicted molar refractivity (Wildman–Crippen MR) is 53.5 cm³/mol. The Morgan fingerprint density at radius 2 is 2.58 bits per heavy atom. The molecule has 12 heavy (non-hydrogen) atoms. The number of hydrogen-bond acceptors (Lipinski definition) is 5. The van der Waals surface area contributed by atoms with Gasteiger partial charge in [-0.05, 0) is 6.42 Å². The highest BCUT2D eigenvalue weighted by Crippen LogP contribution is 2.29. The highest BCUT2D eigenvalue weighted by Gasteiger charge is 2.06. The van der Waals surface area contributed by atoms with Crippen molar-refractivity contribution in [2.45, 2.75) is 22.9 Å². The van der Waals surface area contributed by atoms with Crippen molar-refractivity contribution in [1.82, 2.24) is 4.98 Å². The fraction of sp³-hybridized carbons (Fsp3) is 0.571. The number of thioether (sulfide) groups is 1. The molecule has 3 nitrogen and oxygen atoms in total. The molecule has 0 amide bonds. The first-order valence-corrected chi connectivity index (χ1v) is 5.41. The van der Waals surface area contributed by atoms with Gasteiger partial charge in [-0.15, -0.1) is 0 Å². The van der Waals surface area contributed by atoms with Crippen LogP contribution in [0.4, 0.5) is 5.00 Å². The molecule has 0 spiro atoms. The van der Waals surface area contributed by atoms with E-state index in [9.17, 15) is 0 Å². The summed E-state index contributed by atoms with van der Waals surface area (Å²) in [6, 6.07) is 0. The Hall–Kier alpha value is -0.260. The summed E-state index contributed by atoms with van der Waals surface area (Å²) in [6.07, 6.45) is 2.46. The molecule has 0 aliphatic rings. The molecule has 68 valence electrons. The van der Waals surface area contributed by atoms with Crippen LogP contribution in [0.15, 0.2) is 10.5 Å². The molecule has 0 saturated heterocycles. The van der Waals surface area contributed by atoms with Gasteiger partial charge in [0.05, 0.1) is 6.20 Å². The van der Waals surface area contributed by atoms with Gasteiger partial charge in [-0.2, -0.15) is 0 Å². The Labute approximate surface area is 80.0 Å². The highest BCUT2D eigenvalue weighted by atomic mass is 32.2. The predicted octanol–water partition coefficient (Wildman–Crippen LogP) is 1.59. The zero-order chi connectivity index (χ0) is 8.97. The van der Waals surface area contributed by atoms with Gasteiger partial charge in [0.25, 0.3) is 0 Å². The first-order valence-electron chi connectivity index (χ1n) is 3.71. The van der Waals surface area contributed by atoms with Crippen molar-refractivity contribution in [2.24, 2.45) is 0 Å². The van der Waals surface area contributed by atoms with Gasteiger partial charge in [0, 0.05) is 11.9 Å². The summed E-state index contributed by atoms with van der Waals surface area (Å²) in [6.45, 7) is 2.30. The Morgan fingerprint density at radius 3 is 3.08 bits per heavy atom. The lowest BCUT2D eigenvalue weighted by Gasteiger charge is -2.04. The summed E-state index contributed by atoms with van der Waals surface area (Å²) in [5.41, 5.74) is 5.52. The van der Waals surface area contributed by atoms with Crippen molar-refractivity contribution in [1.29, 1.82) is 0 Å². The monoisotopic (exact) mass is 204 g/mol. The molecule has 0 aromatic carbocycles. The Morgan fingerprint density at radius 1 is 1.83 bits per heavy atom. The van der Waals surface area contributed by atoms with Crippen LogP contribution in [0.5, 0.6) is 0 Å². The normalized spacial score (nSPS) is 13.2. The standard InChI is InChI=1S/C7H12N2OS2/c1-5(2-3-10)11-7-9-4-6(8)12-7/h4-5,10H,2-3,8H2,1H3. The number of aromatic nitrogens is 1. The first kappa shape index (κ1) is 9.83. The number of hydrogen-bond donors (Lipinski definition) is 2. The van der Waals surface area contributed by atoms with Crippen molar-refractivity contribution >= 4 is 28.1 Å². The van der Waals surface area contributed by atoms with Crippen LogP contribution in [0.25, 0.3) is 0 Å². The van der Waals surface area contributed by atoms with Gasteiger partial charge < -0.3 is 10.8 Å². The molecule has 0 aliphatic carbocycles. The number of nitrogens with two attached hydrogens (primary N) is 1. The van der Waals surface area contributed by atoms with E-state index in [1.165, 1.54) is 11.3 Å². The summed E-state index contributed by atoms with van der Waals surface area (Å²) in [5.74, 6) is 0. The number of aliphatic hydroxyl groups is 1. The van der Waals surface area contributed by atoms with Crippen molar-refractivity contribution in [3.63, 3.8) is 0 Å². The Balaban J connectivity index is 2.41. The summed E-state index contributed by atoms with van der Waals surface area (Å²) >= 11 is 3.15. The van der Waals surface area contributed by atoms with Crippen LogP contribution in [-0.4, -0.2) is 21.9 Å². The molecule has 1 heterocycles. The van der Waals surface area contributed by atoms with E-state index in [0.29, 0.717) is 5.25 Å². The maximum absolute atomic E-state index is 8.66. The molecule has 3 N–H and O–H groups in total. The van der Waals surface area contributed by atoms with E-state index < -0.39 is 0 Å². The van der Waals surface area contributed by atoms with Crippen LogP contribution < -0.4 is 5.73 Å². The molecular weight excluding hydrogens is 192 g/mol. The van der Waals surface area contributed by atoms with E-state index in [-0.39, 0.29) is 6.61 Å². The van der Waals surface area contributed by atoms with Gasteiger partial charge in [-0.25, -0.2) is 4.98 Å². The Kier molecular flexibility index (Phi) is 3.84. The minimum atomic E-state index is 0.231. The van der Waals surface area contributed by atoms with E-state index in [1.54, 1.807) is 18.0 Å². The zero-order valence-corrected chi connectivity index (χ0v) is 8.49. The quantitative estimate of drug-likeness (QED) is 0.731. The second-order valence-corrected chi connectivity index (χ2v) is 5.22. The summed E-state index contributed by atoms with van der Waals surface area (Å²) in [5, 5.41) is 9.81. The molecule has 1 atom stereocenters. The summed E-state index contributed by atoms with van der Waals surface area (Å²) < 4.78 is 0.980. The van der Waals surface area contributed by atoms with E-state index in [0.717, 1.165) is 15.8 Å². The van der Waals surface area contributed by atoms with Crippen LogP contribution in [0.2, 0.25) is 0 Å².